The van der Waals surface area contributed by atoms with Gasteiger partial charge < -0.3 is 15.1 Å². The normalized spacial score (nSPS) is 10.6. The summed E-state index contributed by atoms with van der Waals surface area (Å²) in [6, 6.07) is 9.30. The van der Waals surface area contributed by atoms with Crippen LogP contribution in [0.4, 0.5) is 10.8 Å². The van der Waals surface area contributed by atoms with E-state index < -0.39 is 0 Å². The molecule has 0 saturated heterocycles. The standard InChI is InChI=1S/C16H15ClN4O2S2/c1-10-4-5-11(7-13(10)17)19-15-20-21-16(25-15)24-9-14(22)18-8-12-3-2-6-23-12/h2-7H,8-9H2,1H3,(H,18,22)(H,19,20). The van der Waals surface area contributed by atoms with Crippen LogP contribution in [0, 0.1) is 6.92 Å². The Hall–Kier alpha value is -2.03. The minimum Gasteiger partial charge on any atom is -0.467 e. The molecule has 2 aromatic heterocycles. The van der Waals surface area contributed by atoms with Crippen molar-refractivity contribution in [3.63, 3.8) is 0 Å². The Bertz CT molecular complexity index is 852. The summed E-state index contributed by atoms with van der Waals surface area (Å²) in [6.45, 7) is 2.33. The molecular formula is C16H15ClN4O2S2. The van der Waals surface area contributed by atoms with Gasteiger partial charge in [-0.05, 0) is 36.8 Å². The van der Waals surface area contributed by atoms with Crippen LogP contribution in [-0.2, 0) is 11.3 Å². The molecule has 1 aromatic carbocycles. The maximum absolute atomic E-state index is 11.8. The number of nitrogens with one attached hydrogen (secondary N) is 2. The van der Waals surface area contributed by atoms with Crippen LogP contribution in [0.25, 0.3) is 0 Å². The molecule has 2 heterocycles. The van der Waals surface area contributed by atoms with Gasteiger partial charge in [0, 0.05) is 10.7 Å². The van der Waals surface area contributed by atoms with E-state index in [4.69, 9.17) is 16.0 Å². The lowest BCUT2D eigenvalue weighted by molar-refractivity contribution is -0.118. The molecule has 2 N–H and O–H groups in total. The van der Waals surface area contributed by atoms with Crippen molar-refractivity contribution in [2.24, 2.45) is 0 Å². The average Bonchev–Trinajstić information content (AvgIpc) is 3.26. The van der Waals surface area contributed by atoms with E-state index in [0.29, 0.717) is 21.0 Å². The van der Waals surface area contributed by atoms with Crippen molar-refractivity contribution in [1.29, 1.82) is 0 Å². The zero-order chi connectivity index (χ0) is 17.6. The highest BCUT2D eigenvalue weighted by atomic mass is 35.5. The minimum absolute atomic E-state index is 0.0866. The van der Waals surface area contributed by atoms with Crippen LogP contribution in [0.15, 0.2) is 45.4 Å². The average molecular weight is 395 g/mol. The van der Waals surface area contributed by atoms with Crippen molar-refractivity contribution in [3.05, 3.63) is 52.9 Å². The van der Waals surface area contributed by atoms with E-state index in [2.05, 4.69) is 20.8 Å². The molecule has 0 aliphatic carbocycles. The van der Waals surface area contributed by atoms with Crippen molar-refractivity contribution < 1.29 is 9.21 Å². The van der Waals surface area contributed by atoms with Gasteiger partial charge >= 0.3 is 0 Å². The van der Waals surface area contributed by atoms with Crippen LogP contribution in [0.1, 0.15) is 11.3 Å². The van der Waals surface area contributed by atoms with Gasteiger partial charge in [-0.3, -0.25) is 4.79 Å². The van der Waals surface area contributed by atoms with E-state index in [-0.39, 0.29) is 11.7 Å². The number of nitrogens with zero attached hydrogens (tertiary/aromatic N) is 2. The fourth-order valence-electron chi connectivity index (χ4n) is 1.89. The third-order valence-electron chi connectivity index (χ3n) is 3.20. The summed E-state index contributed by atoms with van der Waals surface area (Å²) in [4.78, 5) is 11.8. The molecule has 9 heteroatoms. The molecule has 25 heavy (non-hydrogen) atoms. The second-order valence-electron chi connectivity index (χ2n) is 5.11. The fourth-order valence-corrected chi connectivity index (χ4v) is 3.67. The zero-order valence-electron chi connectivity index (χ0n) is 13.3. The summed E-state index contributed by atoms with van der Waals surface area (Å²) in [5.41, 5.74) is 1.86. The molecule has 0 bridgehead atoms. The molecule has 0 spiro atoms. The smallest absolute Gasteiger partial charge is 0.230 e. The lowest BCUT2D eigenvalue weighted by Gasteiger charge is -2.03. The monoisotopic (exact) mass is 394 g/mol. The zero-order valence-corrected chi connectivity index (χ0v) is 15.7. The highest BCUT2D eigenvalue weighted by Gasteiger charge is 2.09. The SMILES string of the molecule is Cc1ccc(Nc2nnc(SCC(=O)NCc3ccco3)s2)cc1Cl. The van der Waals surface area contributed by atoms with E-state index in [1.165, 1.54) is 23.1 Å². The minimum atomic E-state index is -0.0866. The van der Waals surface area contributed by atoms with Crippen LogP contribution in [0.5, 0.6) is 0 Å². The maximum Gasteiger partial charge on any atom is 0.230 e. The number of thioether (sulfide) groups is 1. The molecule has 1 amide bonds. The van der Waals surface area contributed by atoms with Crippen LogP contribution in [0.2, 0.25) is 5.02 Å². The van der Waals surface area contributed by atoms with Crippen molar-refractivity contribution in [2.75, 3.05) is 11.1 Å². The van der Waals surface area contributed by atoms with Gasteiger partial charge in [0.1, 0.15) is 5.76 Å². The van der Waals surface area contributed by atoms with E-state index >= 15 is 0 Å². The van der Waals surface area contributed by atoms with Gasteiger partial charge in [0.05, 0.1) is 18.6 Å². The number of halogens is 1. The molecular weight excluding hydrogens is 380 g/mol. The Balaban J connectivity index is 1.47. The number of furan rings is 1. The first-order chi connectivity index (χ1) is 12.1. The largest absolute Gasteiger partial charge is 0.467 e. The predicted molar refractivity (Wildman–Crippen MR) is 101 cm³/mol. The van der Waals surface area contributed by atoms with Crippen molar-refractivity contribution >= 4 is 51.4 Å². The predicted octanol–water partition coefficient (Wildman–Crippen LogP) is 4.25. The number of rotatable bonds is 7. The summed E-state index contributed by atoms with van der Waals surface area (Å²) in [5.74, 6) is 0.903. The highest BCUT2D eigenvalue weighted by molar-refractivity contribution is 8.01. The number of amides is 1. The number of benzene rings is 1. The number of carbonyl (C=O) groups is 1. The van der Waals surface area contributed by atoms with Gasteiger partial charge in [0.2, 0.25) is 11.0 Å². The summed E-state index contributed by atoms with van der Waals surface area (Å²) in [6.07, 6.45) is 1.58. The van der Waals surface area contributed by atoms with E-state index in [9.17, 15) is 4.79 Å². The Morgan fingerprint density at radius 3 is 3.00 bits per heavy atom. The number of aromatic nitrogens is 2. The number of aryl methyl sites for hydroxylation is 1. The molecule has 130 valence electrons. The Kier molecular flexibility index (Phi) is 5.95. The number of hydrogen-bond acceptors (Lipinski definition) is 7. The van der Waals surface area contributed by atoms with E-state index in [0.717, 1.165) is 17.0 Å². The van der Waals surface area contributed by atoms with Gasteiger partial charge in [0.25, 0.3) is 0 Å². The Morgan fingerprint density at radius 2 is 2.24 bits per heavy atom. The van der Waals surface area contributed by atoms with Crippen LogP contribution in [0.3, 0.4) is 0 Å². The van der Waals surface area contributed by atoms with Crippen LogP contribution >= 0.6 is 34.7 Å². The second kappa shape index (κ2) is 8.37. The van der Waals surface area contributed by atoms with Gasteiger partial charge in [-0.2, -0.15) is 0 Å². The molecule has 6 nitrogen and oxygen atoms in total. The fraction of sp³-hybridized carbons (Fsp3) is 0.188. The maximum atomic E-state index is 11.8. The second-order valence-corrected chi connectivity index (χ2v) is 7.71. The van der Waals surface area contributed by atoms with Crippen LogP contribution < -0.4 is 10.6 Å². The van der Waals surface area contributed by atoms with Gasteiger partial charge in [-0.25, -0.2) is 0 Å². The number of carbonyl (C=O) groups excluding carboxylic acids is 1. The first kappa shape index (κ1) is 17.8. The first-order valence-corrected chi connectivity index (χ1v) is 9.57. The Morgan fingerprint density at radius 1 is 1.36 bits per heavy atom. The quantitative estimate of drug-likeness (QED) is 0.583. The van der Waals surface area contributed by atoms with E-state index in [1.807, 2.05) is 31.2 Å². The summed E-state index contributed by atoms with van der Waals surface area (Å²) in [5, 5.41) is 15.4. The molecule has 0 unspecified atom stereocenters. The van der Waals surface area contributed by atoms with Gasteiger partial charge in [0.15, 0.2) is 4.34 Å². The van der Waals surface area contributed by atoms with Gasteiger partial charge in [-0.1, -0.05) is 40.8 Å². The van der Waals surface area contributed by atoms with E-state index in [1.54, 1.807) is 12.3 Å². The van der Waals surface area contributed by atoms with Crippen molar-refractivity contribution in [2.45, 2.75) is 17.8 Å². The topological polar surface area (TPSA) is 80.0 Å². The summed E-state index contributed by atoms with van der Waals surface area (Å²) < 4.78 is 5.88. The molecule has 3 aromatic rings. The molecule has 0 radical (unpaired) electrons. The van der Waals surface area contributed by atoms with Gasteiger partial charge in [-0.15, -0.1) is 10.2 Å². The summed E-state index contributed by atoms with van der Waals surface area (Å²) >= 11 is 8.83. The first-order valence-electron chi connectivity index (χ1n) is 7.39. The van der Waals surface area contributed by atoms with Crippen LogP contribution in [-0.4, -0.2) is 21.9 Å². The molecule has 0 aliphatic rings. The molecule has 0 atom stereocenters. The third-order valence-corrected chi connectivity index (χ3v) is 5.58. The highest BCUT2D eigenvalue weighted by Crippen LogP contribution is 2.29. The molecule has 3 rings (SSSR count). The summed E-state index contributed by atoms with van der Waals surface area (Å²) in [7, 11) is 0. The lowest BCUT2D eigenvalue weighted by Crippen LogP contribution is -2.24. The molecule has 0 saturated carbocycles. The van der Waals surface area contributed by atoms with Crippen molar-refractivity contribution in [1.82, 2.24) is 15.5 Å². The third kappa shape index (κ3) is 5.22. The number of hydrogen-bond donors (Lipinski definition) is 2. The lowest BCUT2D eigenvalue weighted by atomic mass is 10.2. The van der Waals surface area contributed by atoms with Crippen molar-refractivity contribution in [3.8, 4) is 0 Å². The Labute approximate surface area is 158 Å². The molecule has 0 fully saturated rings. The number of anilines is 2. The molecule has 0 aliphatic heterocycles.